The van der Waals surface area contributed by atoms with Crippen LogP contribution in [0.3, 0.4) is 0 Å². The van der Waals surface area contributed by atoms with E-state index in [0.29, 0.717) is 17.1 Å². The molecule has 3 rings (SSSR count). The minimum absolute atomic E-state index is 0.00432. The quantitative estimate of drug-likeness (QED) is 0.479. The van der Waals surface area contributed by atoms with Crippen molar-refractivity contribution in [2.24, 2.45) is 0 Å². The van der Waals surface area contributed by atoms with E-state index in [-0.39, 0.29) is 23.6 Å². The fourth-order valence-corrected chi connectivity index (χ4v) is 2.26. The van der Waals surface area contributed by atoms with Crippen LogP contribution in [-0.2, 0) is 0 Å². The first-order chi connectivity index (χ1) is 11.1. The molecule has 23 heavy (non-hydrogen) atoms. The standard InChI is InChI=1S/C16H13NO6/c1-21-12-4-2-3-10(7-12)13(18)9-16-22-14-6-5-11(17(19)20)8-15(14)23-16/h2-8,16H,9H2,1H3. The molecule has 118 valence electrons. The SMILES string of the molecule is COc1cccc(C(=O)CC2Oc3ccc([N+](=O)[O-])cc3O2)c1. The normalized spacial score (nSPS) is 15.3. The molecule has 0 N–H and O–H groups in total. The Bertz CT molecular complexity index is 773. The molecule has 0 radical (unpaired) electrons. The molecule has 0 aliphatic carbocycles. The topological polar surface area (TPSA) is 87.9 Å². The van der Waals surface area contributed by atoms with Crippen LogP contribution in [0, 0.1) is 10.1 Å². The molecule has 1 atom stereocenters. The van der Waals surface area contributed by atoms with E-state index in [0.717, 1.165) is 0 Å². The molecule has 7 nitrogen and oxygen atoms in total. The largest absolute Gasteiger partial charge is 0.497 e. The molecule has 1 unspecified atom stereocenters. The number of ketones is 1. The Morgan fingerprint density at radius 3 is 2.74 bits per heavy atom. The Labute approximate surface area is 131 Å². The summed E-state index contributed by atoms with van der Waals surface area (Å²) in [5, 5.41) is 10.7. The highest BCUT2D eigenvalue weighted by Gasteiger charge is 2.28. The van der Waals surface area contributed by atoms with Crippen LogP contribution in [0.5, 0.6) is 17.2 Å². The third kappa shape index (κ3) is 3.08. The third-order valence-corrected chi connectivity index (χ3v) is 3.40. The number of Topliss-reactive ketones (excluding diaryl/α,β-unsaturated/α-hetero) is 1. The summed E-state index contributed by atoms with van der Waals surface area (Å²) < 4.78 is 16.0. The van der Waals surface area contributed by atoms with Gasteiger partial charge < -0.3 is 14.2 Å². The molecule has 0 aromatic heterocycles. The van der Waals surface area contributed by atoms with Gasteiger partial charge >= 0.3 is 0 Å². The van der Waals surface area contributed by atoms with Crippen molar-refractivity contribution in [1.29, 1.82) is 0 Å². The van der Waals surface area contributed by atoms with Crippen LogP contribution >= 0.6 is 0 Å². The highest BCUT2D eigenvalue weighted by molar-refractivity contribution is 5.96. The minimum atomic E-state index is -0.800. The fourth-order valence-electron chi connectivity index (χ4n) is 2.26. The van der Waals surface area contributed by atoms with Crippen molar-refractivity contribution >= 4 is 11.5 Å². The highest BCUT2D eigenvalue weighted by Crippen LogP contribution is 2.38. The van der Waals surface area contributed by atoms with Crippen molar-refractivity contribution in [3.8, 4) is 17.2 Å². The Morgan fingerprint density at radius 2 is 2.00 bits per heavy atom. The van der Waals surface area contributed by atoms with E-state index in [2.05, 4.69) is 0 Å². The summed E-state index contributed by atoms with van der Waals surface area (Å²) in [6, 6.07) is 10.9. The number of ether oxygens (including phenoxy) is 3. The maximum absolute atomic E-state index is 12.3. The lowest BCUT2D eigenvalue weighted by molar-refractivity contribution is -0.384. The molecule has 7 heteroatoms. The summed E-state index contributed by atoms with van der Waals surface area (Å²) in [6.45, 7) is 0. The van der Waals surface area contributed by atoms with E-state index in [1.807, 2.05) is 0 Å². The Hall–Kier alpha value is -3.09. The van der Waals surface area contributed by atoms with Gasteiger partial charge in [-0.2, -0.15) is 0 Å². The van der Waals surface area contributed by atoms with Gasteiger partial charge in [-0.3, -0.25) is 14.9 Å². The molecule has 0 saturated carbocycles. The molecule has 0 saturated heterocycles. The number of nitrogens with zero attached hydrogens (tertiary/aromatic N) is 1. The second-order valence-electron chi connectivity index (χ2n) is 4.91. The van der Waals surface area contributed by atoms with E-state index in [9.17, 15) is 14.9 Å². The molecule has 0 spiro atoms. The predicted molar refractivity (Wildman–Crippen MR) is 80.1 cm³/mol. The van der Waals surface area contributed by atoms with Gasteiger partial charge in [0.25, 0.3) is 5.69 Å². The summed E-state index contributed by atoms with van der Waals surface area (Å²) >= 11 is 0. The van der Waals surface area contributed by atoms with Crippen molar-refractivity contribution in [2.75, 3.05) is 7.11 Å². The lowest BCUT2D eigenvalue weighted by Crippen LogP contribution is -2.22. The first-order valence-electron chi connectivity index (χ1n) is 6.86. The molecule has 1 aliphatic heterocycles. The van der Waals surface area contributed by atoms with Gasteiger partial charge in [0.05, 0.1) is 24.5 Å². The summed E-state index contributed by atoms with van der Waals surface area (Å²) in [6.07, 6.45) is -0.805. The number of methoxy groups -OCH3 is 1. The second kappa shape index (κ2) is 5.96. The molecular formula is C16H13NO6. The van der Waals surface area contributed by atoms with Crippen molar-refractivity contribution in [1.82, 2.24) is 0 Å². The molecule has 0 bridgehead atoms. The van der Waals surface area contributed by atoms with Gasteiger partial charge in [-0.15, -0.1) is 0 Å². The zero-order chi connectivity index (χ0) is 16.4. The maximum atomic E-state index is 12.3. The first kappa shape index (κ1) is 14.8. The third-order valence-electron chi connectivity index (χ3n) is 3.40. The van der Waals surface area contributed by atoms with Crippen LogP contribution in [-0.4, -0.2) is 24.1 Å². The first-order valence-corrected chi connectivity index (χ1v) is 6.86. The van der Waals surface area contributed by atoms with Crippen LogP contribution in [0.1, 0.15) is 16.8 Å². The molecule has 2 aromatic rings. The second-order valence-corrected chi connectivity index (χ2v) is 4.91. The lowest BCUT2D eigenvalue weighted by Gasteiger charge is -2.09. The molecule has 1 heterocycles. The minimum Gasteiger partial charge on any atom is -0.497 e. The van der Waals surface area contributed by atoms with Crippen LogP contribution < -0.4 is 14.2 Å². The van der Waals surface area contributed by atoms with Gasteiger partial charge in [0.1, 0.15) is 5.75 Å². The Morgan fingerprint density at radius 1 is 1.22 bits per heavy atom. The van der Waals surface area contributed by atoms with Crippen molar-refractivity contribution in [2.45, 2.75) is 12.7 Å². The molecular weight excluding hydrogens is 302 g/mol. The number of fused-ring (bicyclic) bond motifs is 1. The molecule has 2 aromatic carbocycles. The van der Waals surface area contributed by atoms with Crippen molar-refractivity contribution < 1.29 is 23.9 Å². The highest BCUT2D eigenvalue weighted by atomic mass is 16.7. The Balaban J connectivity index is 1.70. The number of non-ortho nitro benzene ring substituents is 1. The number of nitro benzene ring substituents is 1. The zero-order valence-electron chi connectivity index (χ0n) is 12.2. The van der Waals surface area contributed by atoms with E-state index < -0.39 is 11.2 Å². The van der Waals surface area contributed by atoms with E-state index in [4.69, 9.17) is 14.2 Å². The van der Waals surface area contributed by atoms with Crippen molar-refractivity contribution in [3.05, 3.63) is 58.1 Å². The van der Waals surface area contributed by atoms with Gasteiger partial charge in [-0.05, 0) is 18.2 Å². The van der Waals surface area contributed by atoms with Gasteiger partial charge in [0, 0.05) is 11.6 Å². The van der Waals surface area contributed by atoms with Gasteiger partial charge in [-0.1, -0.05) is 12.1 Å². The van der Waals surface area contributed by atoms with Crippen LogP contribution in [0.4, 0.5) is 5.69 Å². The fraction of sp³-hybridized carbons (Fsp3) is 0.188. The smallest absolute Gasteiger partial charge is 0.273 e. The number of rotatable bonds is 5. The monoisotopic (exact) mass is 315 g/mol. The lowest BCUT2D eigenvalue weighted by atomic mass is 10.1. The van der Waals surface area contributed by atoms with Gasteiger partial charge in [0.15, 0.2) is 17.3 Å². The zero-order valence-corrected chi connectivity index (χ0v) is 12.2. The number of carbonyl (C=O) groups is 1. The molecule has 0 fully saturated rings. The predicted octanol–water partition coefficient (Wildman–Crippen LogP) is 2.97. The number of benzene rings is 2. The number of nitro groups is 1. The van der Waals surface area contributed by atoms with Crippen LogP contribution in [0.25, 0.3) is 0 Å². The van der Waals surface area contributed by atoms with E-state index >= 15 is 0 Å². The van der Waals surface area contributed by atoms with E-state index in [1.165, 1.54) is 25.3 Å². The number of carbonyl (C=O) groups excluding carboxylic acids is 1. The summed E-state index contributed by atoms with van der Waals surface area (Å²) in [7, 11) is 1.52. The summed E-state index contributed by atoms with van der Waals surface area (Å²) in [5.41, 5.74) is 0.394. The van der Waals surface area contributed by atoms with E-state index in [1.54, 1.807) is 24.3 Å². The average molecular weight is 315 g/mol. The van der Waals surface area contributed by atoms with Crippen LogP contribution in [0.15, 0.2) is 42.5 Å². The van der Waals surface area contributed by atoms with Crippen LogP contribution in [0.2, 0.25) is 0 Å². The molecule has 0 amide bonds. The average Bonchev–Trinajstić information content (AvgIpc) is 2.96. The molecule has 1 aliphatic rings. The number of hydrogen-bond acceptors (Lipinski definition) is 6. The maximum Gasteiger partial charge on any atom is 0.273 e. The number of hydrogen-bond donors (Lipinski definition) is 0. The van der Waals surface area contributed by atoms with Gasteiger partial charge in [0.2, 0.25) is 6.29 Å². The summed E-state index contributed by atoms with van der Waals surface area (Å²) in [5.74, 6) is 1.07. The van der Waals surface area contributed by atoms with Gasteiger partial charge in [-0.25, -0.2) is 0 Å². The van der Waals surface area contributed by atoms with Crippen molar-refractivity contribution in [3.63, 3.8) is 0 Å². The summed E-state index contributed by atoms with van der Waals surface area (Å²) in [4.78, 5) is 22.5. The Kier molecular flexibility index (Phi) is 3.84.